The first-order valence-electron chi connectivity index (χ1n) is 5.72. The van der Waals surface area contributed by atoms with Crippen molar-refractivity contribution < 1.29 is 19.4 Å². The summed E-state index contributed by atoms with van der Waals surface area (Å²) in [5, 5.41) is 12.3. The molecule has 0 rings (SSSR count). The van der Waals surface area contributed by atoms with Crippen LogP contribution in [0.5, 0.6) is 0 Å². The van der Waals surface area contributed by atoms with Gasteiger partial charge in [-0.15, -0.1) is 0 Å². The van der Waals surface area contributed by atoms with Gasteiger partial charge in [-0.1, -0.05) is 6.92 Å². The zero-order valence-electron chi connectivity index (χ0n) is 11.4. The molecule has 0 heterocycles. The van der Waals surface area contributed by atoms with Crippen LogP contribution in [0.4, 0.5) is 4.79 Å². The van der Waals surface area contributed by atoms with E-state index >= 15 is 0 Å². The number of aliphatic hydroxyl groups excluding tert-OH is 1. The van der Waals surface area contributed by atoms with Gasteiger partial charge in [-0.3, -0.25) is 4.79 Å². The number of rotatable bonds is 4. The first-order valence-corrected chi connectivity index (χ1v) is 5.72. The Bertz CT molecular complexity index is 283. The summed E-state index contributed by atoms with van der Waals surface area (Å²) in [7, 11) is 0. The van der Waals surface area contributed by atoms with Gasteiger partial charge >= 0.3 is 6.09 Å². The van der Waals surface area contributed by atoms with Crippen LogP contribution in [0.15, 0.2) is 0 Å². The summed E-state index contributed by atoms with van der Waals surface area (Å²) in [4.78, 5) is 22.5. The van der Waals surface area contributed by atoms with Gasteiger partial charge in [-0.2, -0.15) is 0 Å². The second kappa shape index (κ2) is 6.00. The fourth-order valence-electron chi connectivity index (χ4n) is 1.25. The largest absolute Gasteiger partial charge is 0.444 e. The quantitative estimate of drug-likeness (QED) is 0.786. The Morgan fingerprint density at radius 2 is 1.71 bits per heavy atom. The van der Waals surface area contributed by atoms with Gasteiger partial charge in [0.25, 0.3) is 0 Å². The van der Waals surface area contributed by atoms with E-state index in [1.807, 2.05) is 0 Å². The summed E-state index contributed by atoms with van der Waals surface area (Å²) in [6.07, 6.45) is -1.51. The molecule has 0 bridgehead atoms. The van der Waals surface area contributed by atoms with Crippen molar-refractivity contribution in [1.29, 1.82) is 0 Å². The maximum absolute atomic E-state index is 11.4. The number of hydrogen-bond acceptors (Lipinski definition) is 4. The Morgan fingerprint density at radius 1 is 1.24 bits per heavy atom. The Balaban J connectivity index is 4.30. The number of carbonyl (C=O) groups is 2. The van der Waals surface area contributed by atoms with Gasteiger partial charge in [0.1, 0.15) is 11.4 Å². The molecule has 0 aliphatic rings. The number of amides is 1. The first-order chi connectivity index (χ1) is 7.54. The summed E-state index contributed by atoms with van der Waals surface area (Å²) in [6.45, 7) is 9.94. The molecule has 0 saturated carbocycles. The van der Waals surface area contributed by atoms with E-state index in [4.69, 9.17) is 4.74 Å². The molecule has 0 radical (unpaired) electrons. The number of carbonyl (C=O) groups excluding carboxylic acids is 2. The maximum atomic E-state index is 11.4. The van der Waals surface area contributed by atoms with Crippen LogP contribution < -0.4 is 5.32 Å². The third-order valence-corrected chi connectivity index (χ3v) is 2.41. The summed E-state index contributed by atoms with van der Waals surface area (Å²) < 4.78 is 5.05. The number of ketones is 1. The lowest BCUT2D eigenvalue weighted by molar-refractivity contribution is -0.124. The number of nitrogens with one attached hydrogen (secondary N) is 1. The average Bonchev–Trinajstić information content (AvgIpc) is 2.11. The van der Waals surface area contributed by atoms with Crippen LogP contribution in [0.1, 0.15) is 41.5 Å². The molecule has 1 amide bonds. The zero-order valence-corrected chi connectivity index (χ0v) is 11.4. The topological polar surface area (TPSA) is 75.6 Å². The van der Waals surface area contributed by atoms with E-state index in [0.717, 1.165) is 0 Å². The van der Waals surface area contributed by atoms with E-state index in [1.54, 1.807) is 34.6 Å². The summed E-state index contributed by atoms with van der Waals surface area (Å²) in [5.41, 5.74) is -0.582. The summed E-state index contributed by atoms with van der Waals surface area (Å²) in [5.74, 6) is -0.629. The highest BCUT2D eigenvalue weighted by Crippen LogP contribution is 2.10. The number of aliphatic hydroxyl groups is 1. The number of hydrogen-bond donors (Lipinski definition) is 2. The SMILES string of the molecule is CC(=O)[C@@H](C)[C@H](O)[C@H](C)NC(=O)OC(C)(C)C. The minimum atomic E-state index is -0.917. The lowest BCUT2D eigenvalue weighted by Crippen LogP contribution is -2.47. The third-order valence-electron chi connectivity index (χ3n) is 2.41. The normalized spacial score (nSPS) is 16.9. The molecule has 5 heteroatoms. The minimum Gasteiger partial charge on any atom is -0.444 e. The predicted molar refractivity (Wildman–Crippen MR) is 64.7 cm³/mol. The van der Waals surface area contributed by atoms with E-state index in [9.17, 15) is 14.7 Å². The van der Waals surface area contributed by atoms with Crippen molar-refractivity contribution in [1.82, 2.24) is 5.32 Å². The Labute approximate surface area is 103 Å². The van der Waals surface area contributed by atoms with Crippen LogP contribution in [0.3, 0.4) is 0 Å². The van der Waals surface area contributed by atoms with Gasteiger partial charge in [-0.05, 0) is 34.6 Å². The molecule has 5 nitrogen and oxygen atoms in total. The lowest BCUT2D eigenvalue weighted by Gasteiger charge is -2.26. The van der Waals surface area contributed by atoms with E-state index in [-0.39, 0.29) is 5.78 Å². The van der Waals surface area contributed by atoms with Gasteiger partial charge in [0.2, 0.25) is 0 Å². The van der Waals surface area contributed by atoms with Crippen molar-refractivity contribution in [2.45, 2.75) is 59.3 Å². The van der Waals surface area contributed by atoms with Crippen molar-refractivity contribution in [2.75, 3.05) is 0 Å². The maximum Gasteiger partial charge on any atom is 0.407 e. The highest BCUT2D eigenvalue weighted by Gasteiger charge is 2.27. The summed E-state index contributed by atoms with van der Waals surface area (Å²) in [6, 6.07) is -0.538. The molecule has 0 fully saturated rings. The molecule has 0 unspecified atom stereocenters. The van der Waals surface area contributed by atoms with Gasteiger partial charge in [-0.25, -0.2) is 4.79 Å². The predicted octanol–water partition coefficient (Wildman–Crippen LogP) is 1.49. The molecule has 3 atom stereocenters. The number of Topliss-reactive ketones (excluding diaryl/α,β-unsaturated/α-hetero) is 1. The Kier molecular flexibility index (Phi) is 5.61. The molecule has 100 valence electrons. The van der Waals surface area contributed by atoms with Crippen LogP contribution >= 0.6 is 0 Å². The lowest BCUT2D eigenvalue weighted by atomic mass is 9.96. The second-order valence-electron chi connectivity index (χ2n) is 5.32. The van der Waals surface area contributed by atoms with Crippen molar-refractivity contribution >= 4 is 11.9 Å². The van der Waals surface area contributed by atoms with E-state index in [2.05, 4.69) is 5.32 Å². The zero-order chi connectivity index (χ0) is 13.8. The van der Waals surface area contributed by atoms with E-state index in [1.165, 1.54) is 6.92 Å². The molecule has 0 aliphatic heterocycles. The van der Waals surface area contributed by atoms with Crippen molar-refractivity contribution in [3.63, 3.8) is 0 Å². The highest BCUT2D eigenvalue weighted by atomic mass is 16.6. The fraction of sp³-hybridized carbons (Fsp3) is 0.833. The molecule has 0 aromatic carbocycles. The Hall–Kier alpha value is -1.10. The standard InChI is InChI=1S/C12H23NO4/c1-7(9(3)14)10(15)8(2)13-11(16)17-12(4,5)6/h7-8,10,15H,1-6H3,(H,13,16)/t7-,8+,10+/m1/s1. The monoisotopic (exact) mass is 245 g/mol. The highest BCUT2D eigenvalue weighted by molar-refractivity contribution is 5.78. The molecule has 0 aromatic heterocycles. The average molecular weight is 245 g/mol. The van der Waals surface area contributed by atoms with Crippen LogP contribution in [-0.2, 0) is 9.53 Å². The molecule has 2 N–H and O–H groups in total. The van der Waals surface area contributed by atoms with Gasteiger partial charge in [0.05, 0.1) is 12.1 Å². The van der Waals surface area contributed by atoms with Gasteiger partial charge in [0, 0.05) is 5.92 Å². The van der Waals surface area contributed by atoms with Crippen molar-refractivity contribution in [3.05, 3.63) is 0 Å². The Morgan fingerprint density at radius 3 is 2.06 bits per heavy atom. The molecule has 0 spiro atoms. The minimum absolute atomic E-state index is 0.115. The second-order valence-corrected chi connectivity index (χ2v) is 5.32. The van der Waals surface area contributed by atoms with Crippen molar-refractivity contribution in [2.24, 2.45) is 5.92 Å². The smallest absolute Gasteiger partial charge is 0.407 e. The number of ether oxygens (including phenoxy) is 1. The first kappa shape index (κ1) is 15.9. The molecule has 0 aromatic rings. The van der Waals surface area contributed by atoms with Crippen LogP contribution in [0.25, 0.3) is 0 Å². The van der Waals surface area contributed by atoms with Gasteiger partial charge < -0.3 is 15.2 Å². The molecular formula is C12H23NO4. The van der Waals surface area contributed by atoms with Crippen LogP contribution in [0, 0.1) is 5.92 Å². The fourth-order valence-corrected chi connectivity index (χ4v) is 1.25. The molecular weight excluding hydrogens is 222 g/mol. The summed E-state index contributed by atoms with van der Waals surface area (Å²) >= 11 is 0. The molecule has 17 heavy (non-hydrogen) atoms. The van der Waals surface area contributed by atoms with Gasteiger partial charge in [0.15, 0.2) is 0 Å². The molecule has 0 saturated heterocycles. The molecule has 0 aliphatic carbocycles. The van der Waals surface area contributed by atoms with Crippen LogP contribution in [-0.4, -0.2) is 34.7 Å². The van der Waals surface area contributed by atoms with Crippen molar-refractivity contribution in [3.8, 4) is 0 Å². The van der Waals surface area contributed by atoms with Crippen LogP contribution in [0.2, 0.25) is 0 Å². The van der Waals surface area contributed by atoms with E-state index in [0.29, 0.717) is 0 Å². The third kappa shape index (κ3) is 6.26. The number of alkyl carbamates (subject to hydrolysis) is 1. The van der Waals surface area contributed by atoms with E-state index < -0.39 is 29.8 Å².